The zero-order valence-electron chi connectivity index (χ0n) is 10.4. The van der Waals surface area contributed by atoms with E-state index in [0.29, 0.717) is 6.04 Å². The van der Waals surface area contributed by atoms with Gasteiger partial charge in [-0.05, 0) is 37.0 Å². The lowest BCUT2D eigenvalue weighted by molar-refractivity contribution is 0.570. The molecule has 1 N–H and O–H groups in total. The number of aryl methyl sites for hydroxylation is 1. The molecule has 1 saturated heterocycles. The van der Waals surface area contributed by atoms with E-state index in [0.717, 1.165) is 11.7 Å². The molecule has 0 radical (unpaired) electrons. The van der Waals surface area contributed by atoms with Gasteiger partial charge in [-0.3, -0.25) is 9.98 Å². The van der Waals surface area contributed by atoms with Gasteiger partial charge < -0.3 is 5.32 Å². The standard InChI is InChI=1S/C13H19N3S/c1-3-12-5-7-17-13(16-12)15-9-11-8-14-6-4-10(11)2/h4,6,8,12H,3,5,7,9H2,1-2H3,(H,15,16). The quantitative estimate of drug-likeness (QED) is 0.895. The third-order valence-corrected chi connectivity index (χ3v) is 4.03. The molecule has 0 amide bonds. The Hall–Kier alpha value is -1.03. The van der Waals surface area contributed by atoms with Crippen LogP contribution in [0.15, 0.2) is 23.5 Å². The molecule has 1 aromatic rings. The number of nitrogens with one attached hydrogen (secondary N) is 1. The molecule has 0 aliphatic carbocycles. The molecule has 17 heavy (non-hydrogen) atoms. The summed E-state index contributed by atoms with van der Waals surface area (Å²) in [5.74, 6) is 1.18. The van der Waals surface area contributed by atoms with Crippen LogP contribution in [-0.4, -0.2) is 21.9 Å². The molecule has 92 valence electrons. The van der Waals surface area contributed by atoms with E-state index >= 15 is 0 Å². The molecule has 1 aliphatic heterocycles. The number of aromatic nitrogens is 1. The highest BCUT2D eigenvalue weighted by molar-refractivity contribution is 8.13. The second-order valence-electron chi connectivity index (χ2n) is 4.31. The maximum Gasteiger partial charge on any atom is 0.157 e. The highest BCUT2D eigenvalue weighted by Gasteiger charge is 2.15. The van der Waals surface area contributed by atoms with Crippen LogP contribution in [0.4, 0.5) is 0 Å². The fourth-order valence-corrected chi connectivity index (χ4v) is 2.80. The number of amidine groups is 1. The van der Waals surface area contributed by atoms with E-state index in [1.54, 1.807) is 0 Å². The summed E-state index contributed by atoms with van der Waals surface area (Å²) < 4.78 is 0. The van der Waals surface area contributed by atoms with E-state index in [-0.39, 0.29) is 0 Å². The van der Waals surface area contributed by atoms with Crippen molar-refractivity contribution in [2.24, 2.45) is 4.99 Å². The number of thioether (sulfide) groups is 1. The summed E-state index contributed by atoms with van der Waals surface area (Å²) in [6.07, 6.45) is 6.15. The Morgan fingerprint density at radius 2 is 2.47 bits per heavy atom. The molecule has 1 aromatic heterocycles. The van der Waals surface area contributed by atoms with Gasteiger partial charge in [-0.1, -0.05) is 18.7 Å². The van der Waals surface area contributed by atoms with Crippen LogP contribution in [0.1, 0.15) is 30.9 Å². The van der Waals surface area contributed by atoms with Crippen molar-refractivity contribution in [2.45, 2.75) is 39.3 Å². The van der Waals surface area contributed by atoms with Crippen molar-refractivity contribution in [1.29, 1.82) is 0 Å². The topological polar surface area (TPSA) is 37.3 Å². The Labute approximate surface area is 107 Å². The lowest BCUT2D eigenvalue weighted by Crippen LogP contribution is -2.37. The zero-order chi connectivity index (χ0) is 12.1. The van der Waals surface area contributed by atoms with Crippen molar-refractivity contribution in [3.8, 4) is 0 Å². The van der Waals surface area contributed by atoms with Crippen LogP contribution in [0.5, 0.6) is 0 Å². The summed E-state index contributed by atoms with van der Waals surface area (Å²) in [7, 11) is 0. The number of aliphatic imine (C=N–C) groups is 1. The first-order valence-electron chi connectivity index (χ1n) is 6.13. The maximum atomic E-state index is 4.64. The van der Waals surface area contributed by atoms with Crippen molar-refractivity contribution in [3.05, 3.63) is 29.6 Å². The van der Waals surface area contributed by atoms with Crippen LogP contribution in [-0.2, 0) is 6.54 Å². The SMILES string of the molecule is CCC1CCSC(=NCc2cnccc2C)N1. The van der Waals surface area contributed by atoms with E-state index in [4.69, 9.17) is 0 Å². The third-order valence-electron chi connectivity index (χ3n) is 3.07. The van der Waals surface area contributed by atoms with E-state index < -0.39 is 0 Å². The van der Waals surface area contributed by atoms with Crippen molar-refractivity contribution >= 4 is 16.9 Å². The Balaban J connectivity index is 1.98. The number of nitrogens with zero attached hydrogens (tertiary/aromatic N) is 2. The predicted octanol–water partition coefficient (Wildman–Crippen LogP) is 2.75. The maximum absolute atomic E-state index is 4.64. The van der Waals surface area contributed by atoms with Gasteiger partial charge in [0.05, 0.1) is 6.54 Å². The normalized spacial score (nSPS) is 22.5. The van der Waals surface area contributed by atoms with Gasteiger partial charge in [0.25, 0.3) is 0 Å². The van der Waals surface area contributed by atoms with Crippen LogP contribution >= 0.6 is 11.8 Å². The molecule has 0 spiro atoms. The smallest absolute Gasteiger partial charge is 0.157 e. The van der Waals surface area contributed by atoms with Gasteiger partial charge in [0, 0.05) is 24.2 Å². The van der Waals surface area contributed by atoms with Gasteiger partial charge >= 0.3 is 0 Å². The molecule has 2 rings (SSSR count). The minimum absolute atomic E-state index is 0.602. The number of hydrogen-bond donors (Lipinski definition) is 1. The highest BCUT2D eigenvalue weighted by atomic mass is 32.2. The summed E-state index contributed by atoms with van der Waals surface area (Å²) in [6.45, 7) is 5.05. The summed E-state index contributed by atoms with van der Waals surface area (Å²) in [6, 6.07) is 2.64. The second kappa shape index (κ2) is 6.05. The fraction of sp³-hybridized carbons (Fsp3) is 0.538. The predicted molar refractivity (Wildman–Crippen MR) is 74.4 cm³/mol. The lowest BCUT2D eigenvalue weighted by atomic mass is 10.2. The van der Waals surface area contributed by atoms with Gasteiger partial charge in [-0.15, -0.1) is 0 Å². The first-order valence-corrected chi connectivity index (χ1v) is 7.11. The van der Waals surface area contributed by atoms with E-state index in [2.05, 4.69) is 29.1 Å². The molecule has 1 atom stereocenters. The molecule has 4 heteroatoms. The summed E-state index contributed by atoms with van der Waals surface area (Å²) >= 11 is 1.83. The minimum Gasteiger partial charge on any atom is -0.362 e. The zero-order valence-corrected chi connectivity index (χ0v) is 11.3. The van der Waals surface area contributed by atoms with Crippen molar-refractivity contribution in [1.82, 2.24) is 10.3 Å². The van der Waals surface area contributed by atoms with Crippen LogP contribution in [0.25, 0.3) is 0 Å². The molecule has 1 unspecified atom stereocenters. The van der Waals surface area contributed by atoms with Gasteiger partial charge in [0.1, 0.15) is 0 Å². The molecule has 0 aromatic carbocycles. The molecular formula is C13H19N3S. The van der Waals surface area contributed by atoms with E-state index in [1.807, 2.05) is 30.2 Å². The Morgan fingerprint density at radius 3 is 3.24 bits per heavy atom. The highest BCUT2D eigenvalue weighted by Crippen LogP contribution is 2.16. The molecule has 0 bridgehead atoms. The molecule has 1 fully saturated rings. The monoisotopic (exact) mass is 249 g/mol. The summed E-state index contributed by atoms with van der Waals surface area (Å²) in [5, 5.41) is 4.57. The third kappa shape index (κ3) is 3.46. The van der Waals surface area contributed by atoms with Gasteiger partial charge in [-0.2, -0.15) is 0 Å². The Bertz CT molecular complexity index is 403. The van der Waals surface area contributed by atoms with Gasteiger partial charge in [-0.25, -0.2) is 0 Å². The molecule has 3 nitrogen and oxygen atoms in total. The van der Waals surface area contributed by atoms with Crippen LogP contribution in [0.2, 0.25) is 0 Å². The second-order valence-corrected chi connectivity index (χ2v) is 5.39. The average Bonchev–Trinajstić information content (AvgIpc) is 2.38. The lowest BCUT2D eigenvalue weighted by Gasteiger charge is -2.24. The number of hydrogen-bond acceptors (Lipinski definition) is 3. The molecule has 0 saturated carbocycles. The van der Waals surface area contributed by atoms with Crippen LogP contribution < -0.4 is 5.32 Å². The van der Waals surface area contributed by atoms with Gasteiger partial charge in [0.2, 0.25) is 0 Å². The molecule has 1 aliphatic rings. The Morgan fingerprint density at radius 1 is 1.59 bits per heavy atom. The average molecular weight is 249 g/mol. The van der Waals surface area contributed by atoms with Gasteiger partial charge in [0.15, 0.2) is 5.17 Å². The summed E-state index contributed by atoms with van der Waals surface area (Å²) in [4.78, 5) is 8.78. The molecule has 2 heterocycles. The summed E-state index contributed by atoms with van der Waals surface area (Å²) in [5.41, 5.74) is 2.47. The number of pyridine rings is 1. The molecular weight excluding hydrogens is 230 g/mol. The van der Waals surface area contributed by atoms with E-state index in [9.17, 15) is 0 Å². The minimum atomic E-state index is 0.602. The Kier molecular flexibility index (Phi) is 4.42. The first kappa shape index (κ1) is 12.4. The van der Waals surface area contributed by atoms with E-state index in [1.165, 1.54) is 29.7 Å². The first-order chi connectivity index (χ1) is 8.29. The number of rotatable bonds is 3. The largest absolute Gasteiger partial charge is 0.362 e. The van der Waals surface area contributed by atoms with Crippen molar-refractivity contribution in [2.75, 3.05) is 5.75 Å². The van der Waals surface area contributed by atoms with Crippen molar-refractivity contribution < 1.29 is 0 Å². The fourth-order valence-electron chi connectivity index (χ4n) is 1.80. The van der Waals surface area contributed by atoms with Crippen LogP contribution in [0, 0.1) is 6.92 Å². The van der Waals surface area contributed by atoms with Crippen molar-refractivity contribution in [3.63, 3.8) is 0 Å². The van der Waals surface area contributed by atoms with Crippen LogP contribution in [0.3, 0.4) is 0 Å².